The summed E-state index contributed by atoms with van der Waals surface area (Å²) in [6.45, 7) is 0. The van der Waals surface area contributed by atoms with Gasteiger partial charge in [-0.15, -0.1) is 0 Å². The third kappa shape index (κ3) is 3.14. The number of aromatic hydroxyl groups is 1. The lowest BCUT2D eigenvalue weighted by atomic mass is 10.2. The van der Waals surface area contributed by atoms with Crippen LogP contribution in [0.15, 0.2) is 30.8 Å². The number of anilines is 1. The predicted molar refractivity (Wildman–Crippen MR) is 77.3 cm³/mol. The second kappa shape index (κ2) is 6.01. The van der Waals surface area contributed by atoms with Crippen molar-refractivity contribution in [2.24, 2.45) is 5.10 Å². The number of halogens is 2. The van der Waals surface area contributed by atoms with Crippen molar-refractivity contribution in [2.45, 2.75) is 0 Å². The van der Waals surface area contributed by atoms with E-state index in [-0.39, 0.29) is 17.3 Å². The van der Waals surface area contributed by atoms with Gasteiger partial charge in [0.15, 0.2) is 0 Å². The predicted octanol–water partition coefficient (Wildman–Crippen LogP) is 1.65. The largest absolute Gasteiger partial charge is 0.506 e. The van der Waals surface area contributed by atoms with Crippen LogP contribution in [0, 0.1) is 0 Å². The van der Waals surface area contributed by atoms with Gasteiger partial charge in [0.1, 0.15) is 5.75 Å². The lowest BCUT2D eigenvalue weighted by Gasteiger charge is -2.02. The van der Waals surface area contributed by atoms with Crippen LogP contribution in [0.4, 0.5) is 5.82 Å². The van der Waals surface area contributed by atoms with Crippen molar-refractivity contribution < 1.29 is 14.5 Å². The molecule has 0 bridgehead atoms. The molecule has 2 aromatic rings. The zero-order valence-corrected chi connectivity index (χ0v) is 12.8. The number of nitrogens with zero attached hydrogens (tertiary/aromatic N) is 3. The number of hydrazone groups is 1. The number of carbonyl (C=O) groups is 1. The summed E-state index contributed by atoms with van der Waals surface area (Å²) in [7, 11) is 0. The second-order valence-electron chi connectivity index (χ2n) is 3.52. The van der Waals surface area contributed by atoms with Crippen LogP contribution < -0.4 is 11.2 Å². The van der Waals surface area contributed by atoms with E-state index in [9.17, 15) is 9.90 Å². The van der Waals surface area contributed by atoms with Gasteiger partial charge in [-0.05, 0) is 38.4 Å². The average molecular weight is 405 g/mol. The topological polar surface area (TPSA) is 127 Å². The zero-order valence-electron chi connectivity index (χ0n) is 9.67. The highest BCUT2D eigenvalue weighted by atomic mass is 79.9. The highest BCUT2D eigenvalue weighted by Crippen LogP contribution is 2.30. The van der Waals surface area contributed by atoms with Gasteiger partial charge in [-0.25, -0.2) is 10.1 Å². The first-order valence-electron chi connectivity index (χ1n) is 5.08. The molecule has 10 heteroatoms. The molecule has 0 aliphatic heterocycles. The third-order valence-electron chi connectivity index (χ3n) is 2.16. The second-order valence-corrected chi connectivity index (χ2v) is 5.29. The van der Waals surface area contributed by atoms with Crippen LogP contribution in [-0.2, 0) is 0 Å². The van der Waals surface area contributed by atoms with Gasteiger partial charge in [-0.1, -0.05) is 15.9 Å². The molecular formula is C10H7Br2N5O3. The molecule has 0 aliphatic carbocycles. The first-order valence-corrected chi connectivity index (χ1v) is 6.67. The Morgan fingerprint density at radius 3 is 2.85 bits per heavy atom. The number of nitrogens with two attached hydrogens (primary N) is 1. The van der Waals surface area contributed by atoms with Crippen molar-refractivity contribution >= 4 is 49.8 Å². The molecule has 1 aromatic carbocycles. The Balaban J connectivity index is 2.11. The molecule has 1 aromatic heterocycles. The SMILES string of the molecule is Nc1nonc1C(=O)NN=Cc1cc(Br)cc(Br)c1O. The maximum absolute atomic E-state index is 11.6. The lowest BCUT2D eigenvalue weighted by Crippen LogP contribution is -2.19. The van der Waals surface area contributed by atoms with E-state index in [2.05, 4.69) is 57.3 Å². The van der Waals surface area contributed by atoms with Crippen LogP contribution in [-0.4, -0.2) is 27.5 Å². The Labute approximate surface area is 129 Å². The first kappa shape index (κ1) is 14.5. The van der Waals surface area contributed by atoms with Gasteiger partial charge in [-0.3, -0.25) is 4.79 Å². The molecule has 1 heterocycles. The summed E-state index contributed by atoms with van der Waals surface area (Å²) >= 11 is 6.45. The van der Waals surface area contributed by atoms with Crippen LogP contribution in [0.3, 0.4) is 0 Å². The molecule has 104 valence electrons. The van der Waals surface area contributed by atoms with Crippen molar-refractivity contribution in [3.63, 3.8) is 0 Å². The molecule has 0 fully saturated rings. The number of nitrogens with one attached hydrogen (secondary N) is 1. The zero-order chi connectivity index (χ0) is 14.7. The van der Waals surface area contributed by atoms with E-state index in [0.717, 1.165) is 4.47 Å². The van der Waals surface area contributed by atoms with Crippen LogP contribution in [0.1, 0.15) is 16.1 Å². The molecule has 2 rings (SSSR count). The molecule has 0 aliphatic rings. The molecule has 4 N–H and O–H groups in total. The fourth-order valence-corrected chi connectivity index (χ4v) is 2.51. The third-order valence-corrected chi connectivity index (χ3v) is 3.22. The Bertz CT molecular complexity index is 686. The normalized spacial score (nSPS) is 10.9. The molecule has 0 saturated carbocycles. The Morgan fingerprint density at radius 2 is 2.20 bits per heavy atom. The fourth-order valence-electron chi connectivity index (χ4n) is 1.25. The number of rotatable bonds is 3. The molecular weight excluding hydrogens is 398 g/mol. The van der Waals surface area contributed by atoms with E-state index in [1.54, 1.807) is 12.1 Å². The van der Waals surface area contributed by atoms with Crippen molar-refractivity contribution in [1.82, 2.24) is 15.7 Å². The summed E-state index contributed by atoms with van der Waals surface area (Å²) in [6, 6.07) is 3.30. The van der Waals surface area contributed by atoms with Crippen LogP contribution in [0.5, 0.6) is 5.75 Å². The highest BCUT2D eigenvalue weighted by Gasteiger charge is 2.15. The molecule has 0 unspecified atom stereocenters. The molecule has 20 heavy (non-hydrogen) atoms. The number of hydrogen-bond acceptors (Lipinski definition) is 7. The van der Waals surface area contributed by atoms with Crippen molar-refractivity contribution in [3.8, 4) is 5.75 Å². The quantitative estimate of drug-likeness (QED) is 0.527. The summed E-state index contributed by atoms with van der Waals surface area (Å²) in [5.74, 6) is -0.812. The number of phenols is 1. The van der Waals surface area contributed by atoms with Gasteiger partial charge in [0.25, 0.3) is 5.91 Å². The van der Waals surface area contributed by atoms with Gasteiger partial charge >= 0.3 is 0 Å². The standard InChI is InChI=1S/C10H7Br2N5O3/c11-5-1-4(8(18)6(12)2-5)3-14-15-10(19)7-9(13)17-20-16-7/h1-3,18H,(H2,13,17)(H,15,19). The summed E-state index contributed by atoms with van der Waals surface area (Å²) in [4.78, 5) is 11.6. The van der Waals surface area contributed by atoms with Crippen molar-refractivity contribution in [1.29, 1.82) is 0 Å². The summed E-state index contributed by atoms with van der Waals surface area (Å²) in [6.07, 6.45) is 1.27. The summed E-state index contributed by atoms with van der Waals surface area (Å²) < 4.78 is 5.52. The highest BCUT2D eigenvalue weighted by molar-refractivity contribution is 9.11. The van der Waals surface area contributed by atoms with Gasteiger partial charge < -0.3 is 10.8 Å². The lowest BCUT2D eigenvalue weighted by molar-refractivity contribution is 0.0946. The van der Waals surface area contributed by atoms with Gasteiger partial charge in [0.05, 0.1) is 10.7 Å². The number of hydrogen-bond donors (Lipinski definition) is 3. The van der Waals surface area contributed by atoms with Crippen LogP contribution >= 0.6 is 31.9 Å². The van der Waals surface area contributed by atoms with Crippen LogP contribution in [0.25, 0.3) is 0 Å². The Morgan fingerprint density at radius 1 is 1.45 bits per heavy atom. The van der Waals surface area contributed by atoms with E-state index in [1.165, 1.54) is 6.21 Å². The Hall–Kier alpha value is -1.94. The number of nitrogen functional groups attached to an aromatic ring is 1. The van der Waals surface area contributed by atoms with E-state index < -0.39 is 5.91 Å². The van der Waals surface area contributed by atoms with E-state index in [0.29, 0.717) is 10.0 Å². The van der Waals surface area contributed by atoms with Crippen molar-refractivity contribution in [2.75, 3.05) is 5.73 Å². The fraction of sp³-hybridized carbons (Fsp3) is 0. The van der Waals surface area contributed by atoms with Gasteiger partial charge in [0, 0.05) is 10.0 Å². The van der Waals surface area contributed by atoms with Crippen LogP contribution in [0.2, 0.25) is 0 Å². The minimum Gasteiger partial charge on any atom is -0.506 e. The number of carbonyl (C=O) groups excluding carboxylic acids is 1. The van der Waals surface area contributed by atoms with E-state index in [4.69, 9.17) is 5.73 Å². The van der Waals surface area contributed by atoms with Gasteiger partial charge in [-0.2, -0.15) is 5.10 Å². The van der Waals surface area contributed by atoms with Gasteiger partial charge in [0.2, 0.25) is 11.5 Å². The Kier molecular flexibility index (Phi) is 4.35. The van der Waals surface area contributed by atoms with E-state index >= 15 is 0 Å². The number of benzene rings is 1. The monoisotopic (exact) mass is 403 g/mol. The maximum Gasteiger partial charge on any atom is 0.297 e. The summed E-state index contributed by atoms with van der Waals surface area (Å²) in [5.41, 5.74) is 7.78. The maximum atomic E-state index is 11.6. The smallest absolute Gasteiger partial charge is 0.297 e. The number of amides is 1. The minimum absolute atomic E-state index is 0.00573. The minimum atomic E-state index is -0.673. The molecule has 1 amide bonds. The molecule has 0 spiro atoms. The molecule has 0 atom stereocenters. The summed E-state index contributed by atoms with van der Waals surface area (Å²) in [5, 5.41) is 20.1. The molecule has 0 radical (unpaired) electrons. The molecule has 0 saturated heterocycles. The first-order chi connectivity index (χ1) is 9.49. The number of phenolic OH excluding ortho intramolecular Hbond substituents is 1. The van der Waals surface area contributed by atoms with Crippen molar-refractivity contribution in [3.05, 3.63) is 32.3 Å². The molecule has 8 nitrogen and oxygen atoms in total. The average Bonchev–Trinajstić information content (AvgIpc) is 2.81. The number of aromatic nitrogens is 2. The van der Waals surface area contributed by atoms with E-state index in [1.807, 2.05) is 0 Å².